The van der Waals surface area contributed by atoms with Gasteiger partial charge in [-0.25, -0.2) is 8.42 Å². The second kappa shape index (κ2) is 6.59. The van der Waals surface area contributed by atoms with Crippen molar-refractivity contribution in [3.63, 3.8) is 0 Å². The second-order valence-corrected chi connectivity index (χ2v) is 7.12. The maximum atomic E-state index is 12.7. The van der Waals surface area contributed by atoms with Gasteiger partial charge in [0.05, 0.1) is 4.90 Å². The quantitative estimate of drug-likeness (QED) is 0.908. The van der Waals surface area contributed by atoms with E-state index in [9.17, 15) is 8.42 Å². The SMILES string of the molecule is CCNc1ccc(S(=O)(=O)N2CCCCC2CC)cc1. The number of hydrogen-bond acceptors (Lipinski definition) is 3. The van der Waals surface area contributed by atoms with Gasteiger partial charge in [0, 0.05) is 24.8 Å². The molecule has 1 unspecified atom stereocenters. The molecule has 1 N–H and O–H groups in total. The van der Waals surface area contributed by atoms with Crippen molar-refractivity contribution in [1.82, 2.24) is 4.31 Å². The molecule has 1 saturated heterocycles. The molecule has 112 valence electrons. The van der Waals surface area contributed by atoms with E-state index in [2.05, 4.69) is 12.2 Å². The van der Waals surface area contributed by atoms with Crippen LogP contribution in [0.15, 0.2) is 29.2 Å². The number of sulfonamides is 1. The standard InChI is InChI=1S/C15H24N2O2S/c1-3-14-7-5-6-12-17(14)20(18,19)15-10-8-13(9-11-15)16-4-2/h8-11,14,16H,3-7,12H2,1-2H3. The highest BCUT2D eigenvalue weighted by Gasteiger charge is 2.32. The van der Waals surface area contributed by atoms with Gasteiger partial charge in [-0.2, -0.15) is 4.31 Å². The van der Waals surface area contributed by atoms with Crippen LogP contribution in [-0.2, 0) is 10.0 Å². The fraction of sp³-hybridized carbons (Fsp3) is 0.600. The molecule has 4 nitrogen and oxygen atoms in total. The molecule has 1 aromatic carbocycles. The van der Waals surface area contributed by atoms with Gasteiger partial charge in [0.25, 0.3) is 0 Å². The van der Waals surface area contributed by atoms with E-state index in [1.807, 2.05) is 19.1 Å². The van der Waals surface area contributed by atoms with E-state index >= 15 is 0 Å². The first-order valence-electron chi connectivity index (χ1n) is 7.45. The molecule has 20 heavy (non-hydrogen) atoms. The van der Waals surface area contributed by atoms with Crippen molar-refractivity contribution in [3.8, 4) is 0 Å². The summed E-state index contributed by atoms with van der Waals surface area (Å²) in [6.45, 7) is 5.56. The number of nitrogens with one attached hydrogen (secondary N) is 1. The van der Waals surface area contributed by atoms with Crippen molar-refractivity contribution >= 4 is 15.7 Å². The first-order chi connectivity index (χ1) is 9.59. The number of piperidine rings is 1. The van der Waals surface area contributed by atoms with E-state index in [0.29, 0.717) is 11.4 Å². The molecule has 0 saturated carbocycles. The van der Waals surface area contributed by atoms with Gasteiger partial charge in [-0.05, 0) is 50.5 Å². The lowest BCUT2D eigenvalue weighted by molar-refractivity contribution is 0.246. The highest BCUT2D eigenvalue weighted by Crippen LogP contribution is 2.27. The van der Waals surface area contributed by atoms with Gasteiger partial charge in [0.2, 0.25) is 10.0 Å². The Kier molecular flexibility index (Phi) is 5.05. The van der Waals surface area contributed by atoms with Gasteiger partial charge in [-0.3, -0.25) is 0 Å². The minimum atomic E-state index is -3.35. The Hall–Kier alpha value is -1.07. The van der Waals surface area contributed by atoms with Crippen LogP contribution >= 0.6 is 0 Å². The predicted molar refractivity (Wildman–Crippen MR) is 82.4 cm³/mol. The molecule has 0 bridgehead atoms. The fourth-order valence-corrected chi connectivity index (χ4v) is 4.55. The highest BCUT2D eigenvalue weighted by molar-refractivity contribution is 7.89. The minimum Gasteiger partial charge on any atom is -0.385 e. The third kappa shape index (κ3) is 3.15. The molecular formula is C15H24N2O2S. The Morgan fingerprint density at radius 1 is 1.20 bits per heavy atom. The Morgan fingerprint density at radius 3 is 2.50 bits per heavy atom. The molecule has 0 spiro atoms. The molecule has 1 heterocycles. The third-order valence-corrected chi connectivity index (χ3v) is 5.85. The summed E-state index contributed by atoms with van der Waals surface area (Å²) < 4.78 is 27.2. The van der Waals surface area contributed by atoms with Crippen LogP contribution in [0, 0.1) is 0 Å². The summed E-state index contributed by atoms with van der Waals surface area (Å²) >= 11 is 0. The maximum absolute atomic E-state index is 12.7. The number of anilines is 1. The van der Waals surface area contributed by atoms with Crippen molar-refractivity contribution in [2.45, 2.75) is 50.5 Å². The molecule has 1 aliphatic rings. The van der Waals surface area contributed by atoms with E-state index in [1.54, 1.807) is 16.4 Å². The molecule has 0 amide bonds. The van der Waals surface area contributed by atoms with E-state index in [1.165, 1.54) is 0 Å². The molecule has 0 aromatic heterocycles. The predicted octanol–water partition coefficient (Wildman–Crippen LogP) is 3.07. The van der Waals surface area contributed by atoms with E-state index in [0.717, 1.165) is 37.9 Å². The van der Waals surface area contributed by atoms with Gasteiger partial charge in [-0.15, -0.1) is 0 Å². The Morgan fingerprint density at radius 2 is 1.90 bits per heavy atom. The molecule has 0 aliphatic carbocycles. The molecule has 1 fully saturated rings. The maximum Gasteiger partial charge on any atom is 0.243 e. The first-order valence-corrected chi connectivity index (χ1v) is 8.89. The molecule has 1 atom stereocenters. The van der Waals surface area contributed by atoms with Gasteiger partial charge in [0.15, 0.2) is 0 Å². The van der Waals surface area contributed by atoms with Crippen LogP contribution < -0.4 is 5.32 Å². The number of nitrogens with zero attached hydrogens (tertiary/aromatic N) is 1. The van der Waals surface area contributed by atoms with Gasteiger partial charge >= 0.3 is 0 Å². The van der Waals surface area contributed by atoms with Gasteiger partial charge in [0.1, 0.15) is 0 Å². The fourth-order valence-electron chi connectivity index (χ4n) is 2.78. The van der Waals surface area contributed by atoms with Gasteiger partial charge in [-0.1, -0.05) is 13.3 Å². The Bertz CT molecular complexity index is 525. The van der Waals surface area contributed by atoms with Crippen molar-refractivity contribution in [2.24, 2.45) is 0 Å². The highest BCUT2D eigenvalue weighted by atomic mass is 32.2. The molecule has 1 aliphatic heterocycles. The van der Waals surface area contributed by atoms with E-state index in [-0.39, 0.29) is 6.04 Å². The third-order valence-electron chi connectivity index (χ3n) is 3.89. The number of hydrogen-bond donors (Lipinski definition) is 1. The van der Waals surface area contributed by atoms with Crippen LogP contribution in [0.2, 0.25) is 0 Å². The zero-order valence-electron chi connectivity index (χ0n) is 12.3. The van der Waals surface area contributed by atoms with Crippen LogP contribution in [0.3, 0.4) is 0 Å². The summed E-state index contributed by atoms with van der Waals surface area (Å²) in [5, 5.41) is 3.18. The van der Waals surface area contributed by atoms with E-state index < -0.39 is 10.0 Å². The minimum absolute atomic E-state index is 0.155. The first kappa shape index (κ1) is 15.3. The molecule has 2 rings (SSSR count). The largest absolute Gasteiger partial charge is 0.385 e. The summed E-state index contributed by atoms with van der Waals surface area (Å²) in [4.78, 5) is 0.402. The van der Waals surface area contributed by atoms with E-state index in [4.69, 9.17) is 0 Å². The topological polar surface area (TPSA) is 49.4 Å². The van der Waals surface area contributed by atoms with Crippen molar-refractivity contribution in [3.05, 3.63) is 24.3 Å². The molecular weight excluding hydrogens is 272 g/mol. The smallest absolute Gasteiger partial charge is 0.243 e. The Labute approximate surface area is 122 Å². The van der Waals surface area contributed by atoms with Crippen molar-refractivity contribution < 1.29 is 8.42 Å². The average molecular weight is 296 g/mol. The average Bonchev–Trinajstić information content (AvgIpc) is 2.48. The molecule has 1 aromatic rings. The van der Waals surface area contributed by atoms with Crippen LogP contribution in [0.5, 0.6) is 0 Å². The summed E-state index contributed by atoms with van der Waals surface area (Å²) in [5.74, 6) is 0. The lowest BCUT2D eigenvalue weighted by Gasteiger charge is -2.34. The van der Waals surface area contributed by atoms with Crippen LogP contribution in [0.4, 0.5) is 5.69 Å². The zero-order valence-corrected chi connectivity index (χ0v) is 13.1. The van der Waals surface area contributed by atoms with Gasteiger partial charge < -0.3 is 5.32 Å². The summed E-state index contributed by atoms with van der Waals surface area (Å²) in [7, 11) is -3.35. The summed E-state index contributed by atoms with van der Waals surface area (Å²) in [6.07, 6.45) is 3.95. The summed E-state index contributed by atoms with van der Waals surface area (Å²) in [6, 6.07) is 7.23. The monoisotopic (exact) mass is 296 g/mol. The van der Waals surface area contributed by atoms with Crippen molar-refractivity contribution in [2.75, 3.05) is 18.4 Å². The zero-order chi connectivity index (χ0) is 14.6. The second-order valence-electron chi connectivity index (χ2n) is 5.23. The van der Waals surface area contributed by atoms with Crippen LogP contribution in [0.25, 0.3) is 0 Å². The lowest BCUT2D eigenvalue weighted by Crippen LogP contribution is -2.43. The summed E-state index contributed by atoms with van der Waals surface area (Å²) in [5.41, 5.74) is 0.956. The molecule has 5 heteroatoms. The van der Waals surface area contributed by atoms with Crippen LogP contribution in [-0.4, -0.2) is 31.9 Å². The number of rotatable bonds is 5. The lowest BCUT2D eigenvalue weighted by atomic mass is 10.0. The number of benzene rings is 1. The normalized spacial score (nSPS) is 20.8. The Balaban J connectivity index is 2.24. The van der Waals surface area contributed by atoms with Crippen molar-refractivity contribution in [1.29, 1.82) is 0 Å². The van der Waals surface area contributed by atoms with Crippen LogP contribution in [0.1, 0.15) is 39.5 Å². The molecule has 0 radical (unpaired) electrons.